The van der Waals surface area contributed by atoms with E-state index in [2.05, 4.69) is 20.1 Å². The van der Waals surface area contributed by atoms with Crippen molar-refractivity contribution in [3.8, 4) is 17.1 Å². The molecule has 0 atom stereocenters. The summed E-state index contributed by atoms with van der Waals surface area (Å²) >= 11 is 0. The lowest BCUT2D eigenvalue weighted by molar-refractivity contribution is 0.0225. The molecule has 0 amide bonds. The van der Waals surface area contributed by atoms with Crippen LogP contribution >= 0.6 is 0 Å². The molecule has 4 heterocycles. The van der Waals surface area contributed by atoms with Crippen LogP contribution in [0.25, 0.3) is 27.9 Å². The zero-order chi connectivity index (χ0) is 26.6. The van der Waals surface area contributed by atoms with Gasteiger partial charge in [0.2, 0.25) is 11.8 Å². The summed E-state index contributed by atoms with van der Waals surface area (Å²) in [5.74, 6) is 0.202. The third-order valence-electron chi connectivity index (χ3n) is 5.95. The van der Waals surface area contributed by atoms with Crippen molar-refractivity contribution in [3.63, 3.8) is 0 Å². The summed E-state index contributed by atoms with van der Waals surface area (Å²) in [4.78, 5) is 12.6. The fourth-order valence-corrected chi connectivity index (χ4v) is 4.27. The van der Waals surface area contributed by atoms with Crippen LogP contribution in [-0.2, 0) is 6.54 Å². The fraction of sp³-hybridized carbons (Fsp3) is 0.500. The predicted molar refractivity (Wildman–Crippen MR) is 136 cm³/mol. The van der Waals surface area contributed by atoms with Gasteiger partial charge in [-0.05, 0) is 38.8 Å². The highest BCUT2D eigenvalue weighted by Gasteiger charge is 2.22. The number of halogens is 2. The number of nitrogens with two attached hydrogens (primary N) is 2. The van der Waals surface area contributed by atoms with Gasteiger partial charge in [-0.1, -0.05) is 33.1 Å². The van der Waals surface area contributed by atoms with E-state index in [-0.39, 0.29) is 23.2 Å². The minimum absolute atomic E-state index is 0.0620. The molecule has 0 aliphatic heterocycles. The number of imidazole rings is 1. The van der Waals surface area contributed by atoms with Gasteiger partial charge in [0.15, 0.2) is 11.5 Å². The molecule has 12 heteroatoms. The highest BCUT2D eigenvalue weighted by Crippen LogP contribution is 2.33. The van der Waals surface area contributed by atoms with Crippen LogP contribution in [0.15, 0.2) is 18.2 Å². The number of nitrogen functional groups attached to an aromatic ring is 2. The van der Waals surface area contributed by atoms with Crippen LogP contribution in [-0.4, -0.2) is 51.4 Å². The number of hydrogen-bond donors (Lipinski definition) is 4. The number of aryl methyl sites for hydroxylation is 1. The standard InChI is InChI=1S/C15H14F2N8O.C7H14O.C2H6/c1-6-20-9-3-2-8(21-14(9)24(6)5-10(16)17)7-4-11(26)25-12(7)13(18)22-15(19)23-25;1-7(8)5-3-2-4-6-7;1-2/h2-4,10,26H,5H2,1H3,(H4,18,19,22,23);8H,2-6H2,1H3;1-2H3. The minimum Gasteiger partial charge on any atom is -0.493 e. The van der Waals surface area contributed by atoms with Crippen molar-refractivity contribution in [2.75, 3.05) is 11.5 Å². The molecule has 0 aromatic carbocycles. The highest BCUT2D eigenvalue weighted by atomic mass is 19.3. The molecule has 4 aromatic heterocycles. The van der Waals surface area contributed by atoms with E-state index in [0.717, 1.165) is 17.4 Å². The topological polar surface area (TPSA) is 153 Å². The van der Waals surface area contributed by atoms with E-state index in [9.17, 15) is 19.0 Å². The van der Waals surface area contributed by atoms with Crippen molar-refractivity contribution >= 4 is 28.4 Å². The fourth-order valence-electron chi connectivity index (χ4n) is 4.27. The molecule has 0 spiro atoms. The van der Waals surface area contributed by atoms with Crippen LogP contribution in [0.2, 0.25) is 0 Å². The van der Waals surface area contributed by atoms with Gasteiger partial charge < -0.3 is 26.2 Å². The van der Waals surface area contributed by atoms with E-state index in [1.54, 1.807) is 19.1 Å². The summed E-state index contributed by atoms with van der Waals surface area (Å²) in [5, 5.41) is 23.4. The number of pyridine rings is 1. The number of nitrogens with zero attached hydrogens (tertiary/aromatic N) is 6. The average Bonchev–Trinajstić information content (AvgIpc) is 3.31. The molecule has 0 unspecified atom stereocenters. The summed E-state index contributed by atoms with van der Waals surface area (Å²) in [6.45, 7) is 7.06. The van der Waals surface area contributed by atoms with Gasteiger partial charge in [-0.25, -0.2) is 18.7 Å². The first-order chi connectivity index (χ1) is 17.1. The van der Waals surface area contributed by atoms with Gasteiger partial charge in [-0.15, -0.1) is 5.10 Å². The molecule has 6 N–H and O–H groups in total. The van der Waals surface area contributed by atoms with E-state index in [1.165, 1.54) is 29.9 Å². The van der Waals surface area contributed by atoms with Crippen LogP contribution in [0.1, 0.15) is 58.7 Å². The maximum Gasteiger partial charge on any atom is 0.256 e. The number of aromatic nitrogens is 6. The van der Waals surface area contributed by atoms with Crippen LogP contribution in [0, 0.1) is 6.92 Å². The lowest BCUT2D eigenvalue weighted by atomic mass is 9.87. The van der Waals surface area contributed by atoms with Crippen molar-refractivity contribution in [3.05, 3.63) is 24.0 Å². The monoisotopic (exact) mass is 504 g/mol. The zero-order valence-electron chi connectivity index (χ0n) is 21.0. The van der Waals surface area contributed by atoms with E-state index in [4.69, 9.17) is 11.5 Å². The van der Waals surface area contributed by atoms with Crippen molar-refractivity contribution < 1.29 is 19.0 Å². The highest BCUT2D eigenvalue weighted by molar-refractivity contribution is 5.89. The van der Waals surface area contributed by atoms with E-state index in [0.29, 0.717) is 33.8 Å². The third kappa shape index (κ3) is 5.81. The zero-order valence-corrected chi connectivity index (χ0v) is 21.0. The second-order valence-corrected chi connectivity index (χ2v) is 8.79. The van der Waals surface area contributed by atoms with Crippen LogP contribution < -0.4 is 11.5 Å². The van der Waals surface area contributed by atoms with Crippen LogP contribution in [0.5, 0.6) is 5.88 Å². The van der Waals surface area contributed by atoms with Gasteiger partial charge >= 0.3 is 0 Å². The SMILES string of the molecule is CC.CC1(O)CCCCC1.Cc1nc2ccc(-c3cc(O)n4nc(N)nc(N)c34)nc2n1CC(F)F. The molecule has 1 saturated carbocycles. The molecule has 1 aliphatic carbocycles. The summed E-state index contributed by atoms with van der Waals surface area (Å²) in [7, 11) is 0. The van der Waals surface area contributed by atoms with Crippen molar-refractivity contribution in [1.82, 2.24) is 29.1 Å². The number of alkyl halides is 2. The Bertz CT molecular complexity index is 1330. The van der Waals surface area contributed by atoms with E-state index in [1.807, 2.05) is 20.8 Å². The Kier molecular flexibility index (Phi) is 8.28. The Morgan fingerprint density at radius 1 is 1.08 bits per heavy atom. The molecular formula is C24H34F2N8O2. The second kappa shape index (κ2) is 11.0. The van der Waals surface area contributed by atoms with Crippen molar-refractivity contribution in [2.24, 2.45) is 0 Å². The first kappa shape index (κ1) is 27.1. The Morgan fingerprint density at radius 2 is 1.75 bits per heavy atom. The maximum absolute atomic E-state index is 12.9. The Hall–Kier alpha value is -3.54. The molecular weight excluding hydrogens is 470 g/mol. The molecule has 1 aliphatic rings. The lowest BCUT2D eigenvalue weighted by Crippen LogP contribution is -2.26. The average molecular weight is 505 g/mol. The number of hydrogen-bond acceptors (Lipinski definition) is 8. The van der Waals surface area contributed by atoms with Gasteiger partial charge in [0, 0.05) is 11.6 Å². The van der Waals surface area contributed by atoms with Gasteiger partial charge in [-0.2, -0.15) is 9.50 Å². The number of rotatable bonds is 3. The molecule has 196 valence electrons. The minimum atomic E-state index is -2.54. The normalized spacial score (nSPS) is 14.9. The molecule has 36 heavy (non-hydrogen) atoms. The van der Waals surface area contributed by atoms with Gasteiger partial charge in [0.05, 0.1) is 17.8 Å². The smallest absolute Gasteiger partial charge is 0.256 e. The molecule has 0 radical (unpaired) electrons. The third-order valence-corrected chi connectivity index (χ3v) is 5.95. The molecule has 10 nitrogen and oxygen atoms in total. The number of fused-ring (bicyclic) bond motifs is 2. The van der Waals surface area contributed by atoms with Gasteiger partial charge in [0.1, 0.15) is 16.9 Å². The van der Waals surface area contributed by atoms with E-state index < -0.39 is 13.0 Å². The maximum atomic E-state index is 12.9. The molecule has 4 aromatic rings. The Labute approximate surface area is 208 Å². The second-order valence-electron chi connectivity index (χ2n) is 8.79. The Balaban J connectivity index is 0.000000305. The van der Waals surface area contributed by atoms with Crippen LogP contribution in [0.3, 0.4) is 0 Å². The van der Waals surface area contributed by atoms with Gasteiger partial charge in [-0.3, -0.25) is 0 Å². The summed E-state index contributed by atoms with van der Waals surface area (Å²) < 4.78 is 28.2. The quantitative estimate of drug-likeness (QED) is 0.322. The lowest BCUT2D eigenvalue weighted by Gasteiger charge is -2.27. The summed E-state index contributed by atoms with van der Waals surface area (Å²) in [6.07, 6.45) is 3.22. The number of anilines is 2. The molecule has 0 bridgehead atoms. The Morgan fingerprint density at radius 3 is 2.33 bits per heavy atom. The summed E-state index contributed by atoms with van der Waals surface area (Å²) in [6, 6.07) is 4.74. The molecule has 1 fully saturated rings. The van der Waals surface area contributed by atoms with Gasteiger partial charge in [0.25, 0.3) is 6.43 Å². The van der Waals surface area contributed by atoms with Crippen molar-refractivity contribution in [2.45, 2.75) is 78.4 Å². The predicted octanol–water partition coefficient (Wildman–Crippen LogP) is 4.31. The number of aliphatic hydroxyl groups is 1. The summed E-state index contributed by atoms with van der Waals surface area (Å²) in [5.41, 5.74) is 13.1. The molecule has 5 rings (SSSR count). The first-order valence-electron chi connectivity index (χ1n) is 12.0. The van der Waals surface area contributed by atoms with E-state index >= 15 is 0 Å². The van der Waals surface area contributed by atoms with Crippen molar-refractivity contribution in [1.29, 1.82) is 0 Å². The first-order valence-corrected chi connectivity index (χ1v) is 12.0. The largest absolute Gasteiger partial charge is 0.493 e. The number of aromatic hydroxyl groups is 1. The molecule has 0 saturated heterocycles. The van der Waals surface area contributed by atoms with Crippen LogP contribution in [0.4, 0.5) is 20.5 Å².